The maximum absolute atomic E-state index is 5.91. The van der Waals surface area contributed by atoms with Crippen LogP contribution in [0.3, 0.4) is 0 Å². The lowest BCUT2D eigenvalue weighted by Crippen LogP contribution is -2.34. The van der Waals surface area contributed by atoms with Gasteiger partial charge in [-0.15, -0.1) is 0 Å². The minimum atomic E-state index is -0.314. The fourth-order valence-electron chi connectivity index (χ4n) is 2.01. The number of ether oxygens (including phenoxy) is 1. The summed E-state index contributed by atoms with van der Waals surface area (Å²) in [7, 11) is 0. The second-order valence-electron chi connectivity index (χ2n) is 5.46. The fraction of sp³-hybridized carbons (Fsp3) is 0.833. The standard InChI is InChI=1S/C12H21N3O2/c1-12(2,13)8-11-14-10(15-17-11)7-9-5-3-4-6-16-9/h9H,3-8,13H2,1-2H3. The summed E-state index contributed by atoms with van der Waals surface area (Å²) in [5, 5.41) is 3.97. The third-order valence-electron chi connectivity index (χ3n) is 2.80. The van der Waals surface area contributed by atoms with Crippen LogP contribution in [0.25, 0.3) is 0 Å². The van der Waals surface area contributed by atoms with E-state index in [1.165, 1.54) is 6.42 Å². The second-order valence-corrected chi connectivity index (χ2v) is 5.46. The summed E-state index contributed by atoms with van der Waals surface area (Å²) in [5.74, 6) is 1.35. The third-order valence-corrected chi connectivity index (χ3v) is 2.80. The summed E-state index contributed by atoms with van der Waals surface area (Å²) in [6, 6.07) is 0. The van der Waals surface area contributed by atoms with Gasteiger partial charge in [0.2, 0.25) is 5.89 Å². The Morgan fingerprint density at radius 2 is 2.24 bits per heavy atom. The average Bonchev–Trinajstić information content (AvgIpc) is 2.64. The molecule has 2 rings (SSSR count). The van der Waals surface area contributed by atoms with Crippen molar-refractivity contribution in [3.8, 4) is 0 Å². The maximum Gasteiger partial charge on any atom is 0.228 e. The van der Waals surface area contributed by atoms with Crippen molar-refractivity contribution >= 4 is 0 Å². The van der Waals surface area contributed by atoms with Crippen LogP contribution < -0.4 is 5.73 Å². The fourth-order valence-corrected chi connectivity index (χ4v) is 2.01. The molecule has 1 aliphatic rings. The first kappa shape index (κ1) is 12.5. The predicted octanol–water partition coefficient (Wildman–Crippen LogP) is 1.46. The highest BCUT2D eigenvalue weighted by atomic mass is 16.5. The largest absolute Gasteiger partial charge is 0.378 e. The number of nitrogens with two attached hydrogens (primary N) is 1. The minimum absolute atomic E-state index is 0.250. The Morgan fingerprint density at radius 1 is 1.41 bits per heavy atom. The molecule has 0 radical (unpaired) electrons. The maximum atomic E-state index is 5.91. The molecule has 1 aliphatic heterocycles. The van der Waals surface area contributed by atoms with Crippen LogP contribution in [0.1, 0.15) is 44.8 Å². The van der Waals surface area contributed by atoms with E-state index in [0.29, 0.717) is 12.3 Å². The SMILES string of the molecule is CC(C)(N)Cc1nc(CC2CCCCO2)no1. The van der Waals surface area contributed by atoms with Gasteiger partial charge in [0.1, 0.15) is 0 Å². The molecule has 0 saturated carbocycles. The minimum Gasteiger partial charge on any atom is -0.378 e. The van der Waals surface area contributed by atoms with E-state index in [1.54, 1.807) is 0 Å². The van der Waals surface area contributed by atoms with E-state index in [4.69, 9.17) is 15.0 Å². The van der Waals surface area contributed by atoms with E-state index in [2.05, 4.69) is 10.1 Å². The van der Waals surface area contributed by atoms with Crippen molar-refractivity contribution in [3.05, 3.63) is 11.7 Å². The third kappa shape index (κ3) is 4.09. The van der Waals surface area contributed by atoms with Gasteiger partial charge in [0.25, 0.3) is 0 Å². The van der Waals surface area contributed by atoms with E-state index in [1.807, 2.05) is 13.8 Å². The van der Waals surface area contributed by atoms with Crippen molar-refractivity contribution in [1.82, 2.24) is 10.1 Å². The molecule has 1 saturated heterocycles. The van der Waals surface area contributed by atoms with E-state index in [0.717, 1.165) is 31.7 Å². The van der Waals surface area contributed by atoms with E-state index in [9.17, 15) is 0 Å². The van der Waals surface area contributed by atoms with Crippen LogP contribution in [0.2, 0.25) is 0 Å². The Hall–Kier alpha value is -0.940. The lowest BCUT2D eigenvalue weighted by atomic mass is 10.0. The molecule has 1 fully saturated rings. The summed E-state index contributed by atoms with van der Waals surface area (Å²) < 4.78 is 10.8. The highest BCUT2D eigenvalue weighted by molar-refractivity contribution is 4.93. The highest BCUT2D eigenvalue weighted by Crippen LogP contribution is 2.16. The zero-order valence-corrected chi connectivity index (χ0v) is 10.6. The zero-order chi connectivity index (χ0) is 12.3. The predicted molar refractivity (Wildman–Crippen MR) is 63.6 cm³/mol. The van der Waals surface area contributed by atoms with Crippen molar-refractivity contribution < 1.29 is 9.26 Å². The molecule has 1 aromatic heterocycles. The number of hydrogen-bond acceptors (Lipinski definition) is 5. The van der Waals surface area contributed by atoms with Gasteiger partial charge in [-0.2, -0.15) is 4.98 Å². The van der Waals surface area contributed by atoms with Gasteiger partial charge in [0.05, 0.1) is 6.10 Å². The van der Waals surface area contributed by atoms with Crippen molar-refractivity contribution in [1.29, 1.82) is 0 Å². The summed E-state index contributed by atoms with van der Waals surface area (Å²) in [4.78, 5) is 4.35. The molecule has 2 heterocycles. The molecule has 5 heteroatoms. The van der Waals surface area contributed by atoms with Crippen LogP contribution in [-0.2, 0) is 17.6 Å². The normalized spacial score (nSPS) is 21.7. The highest BCUT2D eigenvalue weighted by Gasteiger charge is 2.20. The van der Waals surface area contributed by atoms with Gasteiger partial charge in [-0.05, 0) is 33.1 Å². The molecular weight excluding hydrogens is 218 g/mol. The molecule has 96 valence electrons. The van der Waals surface area contributed by atoms with Crippen molar-refractivity contribution in [2.24, 2.45) is 5.73 Å². The van der Waals surface area contributed by atoms with Crippen molar-refractivity contribution in [2.45, 2.75) is 57.6 Å². The molecule has 0 aliphatic carbocycles. The summed E-state index contributed by atoms with van der Waals surface area (Å²) in [6.45, 7) is 4.74. The van der Waals surface area contributed by atoms with Crippen LogP contribution in [-0.4, -0.2) is 28.4 Å². The van der Waals surface area contributed by atoms with E-state index < -0.39 is 0 Å². The molecule has 1 unspecified atom stereocenters. The Kier molecular flexibility index (Phi) is 3.79. The summed E-state index contributed by atoms with van der Waals surface area (Å²) in [5.41, 5.74) is 5.59. The smallest absolute Gasteiger partial charge is 0.228 e. The van der Waals surface area contributed by atoms with E-state index >= 15 is 0 Å². The number of rotatable bonds is 4. The Balaban J connectivity index is 1.89. The quantitative estimate of drug-likeness (QED) is 0.861. The summed E-state index contributed by atoms with van der Waals surface area (Å²) >= 11 is 0. The topological polar surface area (TPSA) is 74.2 Å². The first-order chi connectivity index (χ1) is 8.03. The van der Waals surface area contributed by atoms with Crippen LogP contribution in [0, 0.1) is 0 Å². The Bertz CT molecular complexity index is 351. The van der Waals surface area contributed by atoms with Crippen LogP contribution in [0.15, 0.2) is 4.52 Å². The van der Waals surface area contributed by atoms with Crippen LogP contribution in [0.4, 0.5) is 0 Å². The molecule has 1 aromatic rings. The number of hydrogen-bond donors (Lipinski definition) is 1. The Morgan fingerprint density at radius 3 is 2.88 bits per heavy atom. The Labute approximate surface area is 102 Å². The number of aromatic nitrogens is 2. The second kappa shape index (κ2) is 5.14. The summed E-state index contributed by atoms with van der Waals surface area (Å²) in [6.07, 6.45) is 5.08. The molecule has 0 aromatic carbocycles. The van der Waals surface area contributed by atoms with Gasteiger partial charge < -0.3 is 15.0 Å². The van der Waals surface area contributed by atoms with Gasteiger partial charge >= 0.3 is 0 Å². The van der Waals surface area contributed by atoms with Gasteiger partial charge in [0.15, 0.2) is 5.82 Å². The lowest BCUT2D eigenvalue weighted by molar-refractivity contribution is 0.0153. The molecule has 2 N–H and O–H groups in total. The molecule has 0 bridgehead atoms. The lowest BCUT2D eigenvalue weighted by Gasteiger charge is -2.20. The van der Waals surface area contributed by atoms with Crippen molar-refractivity contribution in [3.63, 3.8) is 0 Å². The van der Waals surface area contributed by atoms with Crippen LogP contribution in [0.5, 0.6) is 0 Å². The van der Waals surface area contributed by atoms with Gasteiger partial charge in [-0.25, -0.2) is 0 Å². The molecule has 17 heavy (non-hydrogen) atoms. The first-order valence-electron chi connectivity index (χ1n) is 6.25. The number of nitrogens with zero attached hydrogens (tertiary/aromatic N) is 2. The molecule has 0 amide bonds. The average molecular weight is 239 g/mol. The first-order valence-corrected chi connectivity index (χ1v) is 6.25. The zero-order valence-electron chi connectivity index (χ0n) is 10.6. The molecule has 5 nitrogen and oxygen atoms in total. The van der Waals surface area contributed by atoms with Gasteiger partial charge in [0, 0.05) is 25.0 Å². The van der Waals surface area contributed by atoms with Gasteiger partial charge in [-0.3, -0.25) is 0 Å². The van der Waals surface area contributed by atoms with Crippen LogP contribution >= 0.6 is 0 Å². The molecule has 1 atom stereocenters. The molecule has 0 spiro atoms. The van der Waals surface area contributed by atoms with E-state index in [-0.39, 0.29) is 11.6 Å². The van der Waals surface area contributed by atoms with Gasteiger partial charge in [-0.1, -0.05) is 5.16 Å². The molecular formula is C12H21N3O2. The monoisotopic (exact) mass is 239 g/mol. The van der Waals surface area contributed by atoms with Crippen molar-refractivity contribution in [2.75, 3.05) is 6.61 Å².